The van der Waals surface area contributed by atoms with Crippen molar-refractivity contribution in [3.05, 3.63) is 96.1 Å². The van der Waals surface area contributed by atoms with Crippen molar-refractivity contribution in [3.63, 3.8) is 0 Å². The molecule has 0 saturated carbocycles. The average Bonchev–Trinajstić information content (AvgIpc) is 2.92. The molecule has 3 aromatic carbocycles. The van der Waals surface area contributed by atoms with Gasteiger partial charge in [-0.3, -0.25) is 13.9 Å². The van der Waals surface area contributed by atoms with Crippen LogP contribution in [0.25, 0.3) is 0 Å². The second kappa shape index (κ2) is 13.2. The predicted octanol–water partition coefficient (Wildman–Crippen LogP) is 4.43. The Hall–Kier alpha value is -3.65. The van der Waals surface area contributed by atoms with E-state index in [0.29, 0.717) is 18.5 Å². The number of aryl methyl sites for hydroxylation is 1. The molecule has 2 amide bonds. The Morgan fingerprint density at radius 1 is 0.842 bits per heavy atom. The lowest BCUT2D eigenvalue weighted by Crippen LogP contribution is -2.53. The van der Waals surface area contributed by atoms with Gasteiger partial charge >= 0.3 is 0 Å². The smallest absolute Gasteiger partial charge is 0.264 e. The van der Waals surface area contributed by atoms with Crippen LogP contribution >= 0.6 is 0 Å². The molecule has 1 atom stereocenters. The topological polar surface area (TPSA) is 86.8 Å². The van der Waals surface area contributed by atoms with Gasteiger partial charge in [-0.15, -0.1) is 0 Å². The van der Waals surface area contributed by atoms with Crippen molar-refractivity contribution in [3.8, 4) is 0 Å². The second-order valence-corrected chi connectivity index (χ2v) is 11.3. The lowest BCUT2D eigenvalue weighted by Gasteiger charge is -2.33. The van der Waals surface area contributed by atoms with E-state index in [1.807, 2.05) is 63.2 Å². The lowest BCUT2D eigenvalue weighted by atomic mass is 10.1. The third-order valence-corrected chi connectivity index (χ3v) is 8.11. The summed E-state index contributed by atoms with van der Waals surface area (Å²) in [5.41, 5.74) is 2.28. The molecular weight excluding hydrogens is 498 g/mol. The predicted molar refractivity (Wildman–Crippen MR) is 151 cm³/mol. The fourth-order valence-electron chi connectivity index (χ4n) is 4.26. The quantitative estimate of drug-likeness (QED) is 0.372. The van der Waals surface area contributed by atoms with E-state index < -0.39 is 28.5 Å². The van der Waals surface area contributed by atoms with Crippen LogP contribution < -0.4 is 9.62 Å². The molecule has 0 saturated heterocycles. The number of para-hydroxylation sites is 1. The van der Waals surface area contributed by atoms with Crippen LogP contribution in [-0.2, 0) is 32.5 Å². The molecule has 1 N–H and O–H groups in total. The summed E-state index contributed by atoms with van der Waals surface area (Å²) in [6.45, 7) is 7.18. The first-order chi connectivity index (χ1) is 18.1. The SMILES string of the molecule is CCc1ccccc1N(CC(=O)N(CCc1ccccc1)[C@H](C)C(=O)NC(C)C)S(=O)(=O)c1ccccc1. The fourth-order valence-corrected chi connectivity index (χ4v) is 5.73. The highest BCUT2D eigenvalue weighted by Crippen LogP contribution is 2.28. The largest absolute Gasteiger partial charge is 0.352 e. The first kappa shape index (κ1) is 28.9. The summed E-state index contributed by atoms with van der Waals surface area (Å²) in [6.07, 6.45) is 1.12. The van der Waals surface area contributed by atoms with Gasteiger partial charge in [0, 0.05) is 12.6 Å². The van der Waals surface area contributed by atoms with Crippen molar-refractivity contribution in [2.75, 3.05) is 17.4 Å². The average molecular weight is 536 g/mol. The molecule has 0 radical (unpaired) electrons. The molecule has 8 heteroatoms. The molecule has 0 heterocycles. The van der Waals surface area contributed by atoms with Crippen molar-refractivity contribution in [1.29, 1.82) is 0 Å². The van der Waals surface area contributed by atoms with Crippen LogP contribution in [0.1, 0.15) is 38.8 Å². The van der Waals surface area contributed by atoms with Gasteiger partial charge in [0.15, 0.2) is 0 Å². The summed E-state index contributed by atoms with van der Waals surface area (Å²) < 4.78 is 28.9. The lowest BCUT2D eigenvalue weighted by molar-refractivity contribution is -0.139. The molecule has 38 heavy (non-hydrogen) atoms. The molecular formula is C30H37N3O4S. The van der Waals surface area contributed by atoms with Crippen LogP contribution in [0.4, 0.5) is 5.69 Å². The normalized spacial score (nSPS) is 12.1. The van der Waals surface area contributed by atoms with Crippen LogP contribution in [0, 0.1) is 0 Å². The summed E-state index contributed by atoms with van der Waals surface area (Å²) in [4.78, 5) is 28.4. The summed E-state index contributed by atoms with van der Waals surface area (Å²) in [5.74, 6) is -0.731. The molecule has 0 aliphatic rings. The molecule has 3 aromatic rings. The number of nitrogens with zero attached hydrogens (tertiary/aromatic N) is 2. The first-order valence-electron chi connectivity index (χ1n) is 12.9. The number of hydrogen-bond acceptors (Lipinski definition) is 4. The van der Waals surface area contributed by atoms with E-state index in [2.05, 4.69) is 5.32 Å². The van der Waals surface area contributed by atoms with Crippen LogP contribution in [0.5, 0.6) is 0 Å². The maximum Gasteiger partial charge on any atom is 0.264 e. The van der Waals surface area contributed by atoms with Gasteiger partial charge in [0.25, 0.3) is 10.0 Å². The monoisotopic (exact) mass is 535 g/mol. The van der Waals surface area contributed by atoms with Gasteiger partial charge in [0.05, 0.1) is 10.6 Å². The molecule has 0 aliphatic heterocycles. The van der Waals surface area contributed by atoms with Crippen LogP contribution in [0.3, 0.4) is 0 Å². The summed E-state index contributed by atoms with van der Waals surface area (Å²) >= 11 is 0. The molecule has 0 spiro atoms. The number of sulfonamides is 1. The molecule has 0 aromatic heterocycles. The Kier molecular flexibility index (Phi) is 10.1. The standard InChI is InChI=1S/C30H37N3O4S/c1-5-26-16-12-13-19-28(26)33(38(36,37)27-17-10-7-11-18-27)22-29(34)32(24(4)30(35)31-23(2)3)21-20-25-14-8-6-9-15-25/h6-19,23-24H,5,20-22H2,1-4H3,(H,31,35)/t24-/m1/s1. The van der Waals surface area contributed by atoms with Crippen molar-refractivity contribution >= 4 is 27.5 Å². The zero-order valence-corrected chi connectivity index (χ0v) is 23.3. The number of amides is 2. The highest BCUT2D eigenvalue weighted by Gasteiger charge is 2.33. The molecule has 0 aliphatic carbocycles. The maximum atomic E-state index is 13.9. The number of anilines is 1. The third kappa shape index (κ3) is 7.22. The van der Waals surface area contributed by atoms with Crippen molar-refractivity contribution in [1.82, 2.24) is 10.2 Å². The fraction of sp³-hybridized carbons (Fsp3) is 0.333. The van der Waals surface area contributed by atoms with Crippen LogP contribution in [-0.4, -0.2) is 50.3 Å². The third-order valence-electron chi connectivity index (χ3n) is 6.33. The van der Waals surface area contributed by atoms with Crippen molar-refractivity contribution < 1.29 is 18.0 Å². The maximum absolute atomic E-state index is 13.9. The van der Waals surface area contributed by atoms with Gasteiger partial charge < -0.3 is 10.2 Å². The first-order valence-corrected chi connectivity index (χ1v) is 14.4. The van der Waals surface area contributed by atoms with Gasteiger partial charge in [0.2, 0.25) is 11.8 Å². The van der Waals surface area contributed by atoms with E-state index in [1.54, 1.807) is 37.3 Å². The number of hydrogen-bond donors (Lipinski definition) is 1. The Balaban J connectivity index is 2.00. The summed E-state index contributed by atoms with van der Waals surface area (Å²) in [5, 5.41) is 2.87. The molecule has 202 valence electrons. The Bertz CT molecular complexity index is 1310. The van der Waals surface area contributed by atoms with E-state index in [0.717, 1.165) is 11.1 Å². The number of carbonyl (C=O) groups excluding carboxylic acids is 2. The van der Waals surface area contributed by atoms with Crippen molar-refractivity contribution in [2.24, 2.45) is 0 Å². The van der Waals surface area contributed by atoms with E-state index in [1.165, 1.54) is 21.3 Å². The van der Waals surface area contributed by atoms with E-state index in [9.17, 15) is 18.0 Å². The highest BCUT2D eigenvalue weighted by molar-refractivity contribution is 7.92. The van der Waals surface area contributed by atoms with Gasteiger partial charge in [0.1, 0.15) is 12.6 Å². The van der Waals surface area contributed by atoms with Crippen molar-refractivity contribution in [2.45, 2.75) is 57.5 Å². The van der Waals surface area contributed by atoms with E-state index in [-0.39, 0.29) is 23.4 Å². The zero-order chi connectivity index (χ0) is 27.7. The molecule has 0 fully saturated rings. The number of benzene rings is 3. The number of nitrogens with one attached hydrogen (secondary N) is 1. The number of carbonyl (C=O) groups is 2. The number of rotatable bonds is 12. The Morgan fingerprint density at radius 2 is 1.42 bits per heavy atom. The summed E-state index contributed by atoms with van der Waals surface area (Å²) in [7, 11) is -4.06. The highest BCUT2D eigenvalue weighted by atomic mass is 32.2. The Morgan fingerprint density at radius 3 is 2.03 bits per heavy atom. The molecule has 3 rings (SSSR count). The van der Waals surface area contributed by atoms with E-state index in [4.69, 9.17) is 0 Å². The minimum absolute atomic E-state index is 0.0950. The van der Waals surface area contributed by atoms with Gasteiger partial charge in [-0.25, -0.2) is 8.42 Å². The molecule has 0 bridgehead atoms. The van der Waals surface area contributed by atoms with E-state index >= 15 is 0 Å². The second-order valence-electron chi connectivity index (χ2n) is 9.47. The minimum atomic E-state index is -4.06. The van der Waals surface area contributed by atoms with Gasteiger partial charge in [-0.05, 0) is 62.9 Å². The van der Waals surface area contributed by atoms with Gasteiger partial charge in [-0.2, -0.15) is 0 Å². The Labute approximate surface area is 226 Å². The molecule has 7 nitrogen and oxygen atoms in total. The van der Waals surface area contributed by atoms with Crippen LogP contribution in [0.2, 0.25) is 0 Å². The van der Waals surface area contributed by atoms with Gasteiger partial charge in [-0.1, -0.05) is 73.7 Å². The molecule has 0 unspecified atom stereocenters. The zero-order valence-electron chi connectivity index (χ0n) is 22.5. The summed E-state index contributed by atoms with van der Waals surface area (Å²) in [6, 6.07) is 24.1. The van der Waals surface area contributed by atoms with Crippen LogP contribution in [0.15, 0.2) is 89.8 Å². The minimum Gasteiger partial charge on any atom is -0.352 e.